The standard InChI is InChI=1S/C8H7N3O2/c1-6(12)7-2-3-10-11(7)8-9-4-5-13-8/h2-5H,1H3. The molecule has 13 heavy (non-hydrogen) atoms. The molecule has 0 N–H and O–H groups in total. The van der Waals surface area contributed by atoms with E-state index in [1.54, 1.807) is 6.07 Å². The van der Waals surface area contributed by atoms with Gasteiger partial charge >= 0.3 is 6.01 Å². The maximum atomic E-state index is 11.1. The molecule has 0 atom stereocenters. The Morgan fingerprint density at radius 1 is 1.54 bits per heavy atom. The first-order valence-electron chi connectivity index (χ1n) is 3.74. The van der Waals surface area contributed by atoms with Crippen LogP contribution in [0.5, 0.6) is 0 Å². The second kappa shape index (κ2) is 2.85. The van der Waals surface area contributed by atoms with Gasteiger partial charge in [-0.2, -0.15) is 9.78 Å². The zero-order chi connectivity index (χ0) is 9.26. The Hall–Kier alpha value is -1.91. The summed E-state index contributed by atoms with van der Waals surface area (Å²) >= 11 is 0. The topological polar surface area (TPSA) is 60.9 Å². The summed E-state index contributed by atoms with van der Waals surface area (Å²) in [6.45, 7) is 1.47. The van der Waals surface area contributed by atoms with E-state index in [9.17, 15) is 4.79 Å². The monoisotopic (exact) mass is 177 g/mol. The van der Waals surface area contributed by atoms with E-state index in [2.05, 4.69) is 10.1 Å². The molecule has 0 aliphatic rings. The van der Waals surface area contributed by atoms with Gasteiger partial charge < -0.3 is 4.42 Å². The van der Waals surface area contributed by atoms with Gasteiger partial charge in [-0.3, -0.25) is 4.79 Å². The fraction of sp³-hybridized carbons (Fsp3) is 0.125. The summed E-state index contributed by atoms with van der Waals surface area (Å²) < 4.78 is 6.37. The maximum absolute atomic E-state index is 11.1. The summed E-state index contributed by atoms with van der Waals surface area (Å²) in [6.07, 6.45) is 4.46. The highest BCUT2D eigenvalue weighted by molar-refractivity contribution is 5.92. The van der Waals surface area contributed by atoms with Crippen molar-refractivity contribution in [1.29, 1.82) is 0 Å². The minimum absolute atomic E-state index is 0.0734. The van der Waals surface area contributed by atoms with Crippen LogP contribution in [0.3, 0.4) is 0 Å². The average molecular weight is 177 g/mol. The van der Waals surface area contributed by atoms with Crippen LogP contribution >= 0.6 is 0 Å². The van der Waals surface area contributed by atoms with Gasteiger partial charge in [0.2, 0.25) is 0 Å². The highest BCUT2D eigenvalue weighted by Gasteiger charge is 2.11. The van der Waals surface area contributed by atoms with E-state index in [-0.39, 0.29) is 5.78 Å². The predicted molar refractivity (Wildman–Crippen MR) is 43.6 cm³/mol. The highest BCUT2D eigenvalue weighted by Crippen LogP contribution is 2.07. The number of oxazole rings is 1. The number of hydrogen-bond acceptors (Lipinski definition) is 4. The minimum Gasteiger partial charge on any atom is -0.431 e. The van der Waals surface area contributed by atoms with E-state index in [0.717, 1.165) is 0 Å². The quantitative estimate of drug-likeness (QED) is 0.643. The molecule has 0 saturated carbocycles. The Bertz CT molecular complexity index is 416. The third kappa shape index (κ3) is 1.24. The summed E-state index contributed by atoms with van der Waals surface area (Å²) in [5.41, 5.74) is 0.461. The van der Waals surface area contributed by atoms with E-state index >= 15 is 0 Å². The van der Waals surface area contributed by atoms with E-state index in [4.69, 9.17) is 4.42 Å². The largest absolute Gasteiger partial charge is 0.431 e. The Kier molecular flexibility index (Phi) is 1.70. The fourth-order valence-electron chi connectivity index (χ4n) is 1.04. The molecule has 2 aromatic heterocycles. The smallest absolute Gasteiger partial charge is 0.323 e. The Labute approximate surface area is 74.0 Å². The molecule has 0 bridgehead atoms. The number of aromatic nitrogens is 3. The van der Waals surface area contributed by atoms with Crippen molar-refractivity contribution in [2.45, 2.75) is 6.92 Å². The van der Waals surface area contributed by atoms with Crippen molar-refractivity contribution in [3.05, 3.63) is 30.4 Å². The third-order valence-corrected chi connectivity index (χ3v) is 1.60. The molecule has 5 heteroatoms. The lowest BCUT2D eigenvalue weighted by molar-refractivity contribution is 0.100. The highest BCUT2D eigenvalue weighted by atomic mass is 16.4. The first-order chi connectivity index (χ1) is 6.29. The van der Waals surface area contributed by atoms with Gasteiger partial charge in [-0.05, 0) is 6.07 Å². The van der Waals surface area contributed by atoms with Crippen LogP contribution in [0.4, 0.5) is 0 Å². The second-order valence-electron chi connectivity index (χ2n) is 2.50. The van der Waals surface area contributed by atoms with Gasteiger partial charge in [0.05, 0.1) is 12.4 Å². The van der Waals surface area contributed by atoms with Crippen LogP contribution in [0.15, 0.2) is 29.1 Å². The summed E-state index contributed by atoms with van der Waals surface area (Å²) in [4.78, 5) is 15.0. The Morgan fingerprint density at radius 3 is 3.00 bits per heavy atom. The van der Waals surface area contributed by atoms with Gasteiger partial charge in [-0.25, -0.2) is 4.98 Å². The molecule has 0 amide bonds. The van der Waals surface area contributed by atoms with E-state index < -0.39 is 0 Å². The van der Waals surface area contributed by atoms with Crippen molar-refractivity contribution in [3.8, 4) is 6.01 Å². The molecule has 0 radical (unpaired) electrons. The SMILES string of the molecule is CC(=O)c1ccnn1-c1ncco1. The molecular formula is C8H7N3O2. The van der Waals surface area contributed by atoms with Crippen molar-refractivity contribution >= 4 is 5.78 Å². The predicted octanol–water partition coefficient (Wildman–Crippen LogP) is 1.06. The molecule has 2 aromatic rings. The summed E-state index contributed by atoms with van der Waals surface area (Å²) in [7, 11) is 0. The normalized spacial score (nSPS) is 10.2. The molecule has 0 aliphatic heterocycles. The number of nitrogens with zero attached hydrogens (tertiary/aromatic N) is 3. The summed E-state index contributed by atoms with van der Waals surface area (Å²) in [5.74, 6) is -0.0734. The van der Waals surface area contributed by atoms with E-state index in [0.29, 0.717) is 11.7 Å². The molecule has 0 unspecified atom stereocenters. The van der Waals surface area contributed by atoms with Gasteiger partial charge in [0.1, 0.15) is 12.0 Å². The lowest BCUT2D eigenvalue weighted by Gasteiger charge is -1.97. The van der Waals surface area contributed by atoms with E-state index in [1.807, 2.05) is 0 Å². The molecule has 0 aromatic carbocycles. The van der Waals surface area contributed by atoms with Crippen molar-refractivity contribution in [3.63, 3.8) is 0 Å². The van der Waals surface area contributed by atoms with Crippen molar-refractivity contribution in [2.75, 3.05) is 0 Å². The molecule has 2 heterocycles. The van der Waals surface area contributed by atoms with Gasteiger partial charge in [-0.1, -0.05) is 0 Å². The first-order valence-corrected chi connectivity index (χ1v) is 3.74. The Balaban J connectivity index is 2.52. The van der Waals surface area contributed by atoms with E-state index in [1.165, 1.54) is 30.3 Å². The van der Waals surface area contributed by atoms with Gasteiger partial charge in [0.15, 0.2) is 5.78 Å². The molecule has 0 saturated heterocycles. The maximum Gasteiger partial charge on any atom is 0.323 e. The zero-order valence-corrected chi connectivity index (χ0v) is 6.97. The second-order valence-corrected chi connectivity index (χ2v) is 2.50. The number of ketones is 1. The molecule has 2 rings (SSSR count). The molecule has 5 nitrogen and oxygen atoms in total. The molecular weight excluding hydrogens is 170 g/mol. The van der Waals surface area contributed by atoms with Crippen LogP contribution in [-0.2, 0) is 0 Å². The minimum atomic E-state index is -0.0734. The molecule has 66 valence electrons. The Morgan fingerprint density at radius 2 is 2.38 bits per heavy atom. The third-order valence-electron chi connectivity index (χ3n) is 1.60. The fourth-order valence-corrected chi connectivity index (χ4v) is 1.04. The van der Waals surface area contributed by atoms with Crippen molar-refractivity contribution < 1.29 is 9.21 Å². The van der Waals surface area contributed by atoms with Gasteiger partial charge in [-0.15, -0.1) is 0 Å². The van der Waals surface area contributed by atoms with Crippen LogP contribution in [0.2, 0.25) is 0 Å². The zero-order valence-electron chi connectivity index (χ0n) is 6.97. The summed E-state index contributed by atoms with van der Waals surface area (Å²) in [5, 5.41) is 3.92. The first kappa shape index (κ1) is 7.72. The van der Waals surface area contributed by atoms with Crippen molar-refractivity contribution in [1.82, 2.24) is 14.8 Å². The lowest BCUT2D eigenvalue weighted by Crippen LogP contribution is -2.05. The van der Waals surface area contributed by atoms with Crippen LogP contribution in [0, 0.1) is 0 Å². The molecule has 0 fully saturated rings. The van der Waals surface area contributed by atoms with Crippen LogP contribution in [0.1, 0.15) is 17.4 Å². The van der Waals surface area contributed by atoms with Crippen LogP contribution < -0.4 is 0 Å². The summed E-state index contributed by atoms with van der Waals surface area (Å²) in [6, 6.07) is 1.92. The number of Topliss-reactive ketones (excluding diaryl/α,β-unsaturated/α-hetero) is 1. The molecule has 0 aliphatic carbocycles. The van der Waals surface area contributed by atoms with Gasteiger partial charge in [0, 0.05) is 6.92 Å². The van der Waals surface area contributed by atoms with Crippen LogP contribution in [-0.4, -0.2) is 20.5 Å². The number of carbonyl (C=O) groups is 1. The lowest BCUT2D eigenvalue weighted by atomic mass is 10.3. The number of rotatable bonds is 2. The average Bonchev–Trinajstić information content (AvgIpc) is 2.74. The molecule has 0 spiro atoms. The van der Waals surface area contributed by atoms with Crippen LogP contribution in [0.25, 0.3) is 6.01 Å². The number of hydrogen-bond donors (Lipinski definition) is 0. The number of carbonyl (C=O) groups excluding carboxylic acids is 1. The van der Waals surface area contributed by atoms with Crippen molar-refractivity contribution in [2.24, 2.45) is 0 Å². The van der Waals surface area contributed by atoms with Gasteiger partial charge in [0.25, 0.3) is 0 Å².